The van der Waals surface area contributed by atoms with Gasteiger partial charge in [-0.15, -0.1) is 0 Å². The fraction of sp³-hybridized carbons (Fsp3) is 0.786. The van der Waals surface area contributed by atoms with E-state index in [9.17, 15) is 19.5 Å². The summed E-state index contributed by atoms with van der Waals surface area (Å²) in [6, 6.07) is -1.21. The van der Waals surface area contributed by atoms with Crippen LogP contribution < -0.4 is 5.32 Å². The van der Waals surface area contributed by atoms with E-state index in [4.69, 9.17) is 0 Å². The summed E-state index contributed by atoms with van der Waals surface area (Å²) in [6.07, 6.45) is 2.40. The number of nitrogens with zero attached hydrogens (tertiary/aromatic N) is 2. The number of carbonyl (C=O) groups is 3. The van der Waals surface area contributed by atoms with Crippen LogP contribution >= 0.6 is 0 Å². The number of amides is 3. The van der Waals surface area contributed by atoms with Gasteiger partial charge < -0.3 is 20.2 Å². The Hall–Kier alpha value is -1.79. The average molecular weight is 299 g/mol. The molecule has 2 N–H and O–H groups in total. The number of hydrogen-bond acceptors (Lipinski definition) is 3. The molecule has 7 nitrogen and oxygen atoms in total. The molecule has 21 heavy (non-hydrogen) atoms. The van der Waals surface area contributed by atoms with E-state index >= 15 is 0 Å². The van der Waals surface area contributed by atoms with E-state index in [1.54, 1.807) is 0 Å². The van der Waals surface area contributed by atoms with Gasteiger partial charge in [0.05, 0.1) is 0 Å². The maximum atomic E-state index is 12.4. The number of carboxylic acid groups (broad SMARTS) is 1. The van der Waals surface area contributed by atoms with Gasteiger partial charge in [-0.2, -0.15) is 0 Å². The zero-order valence-corrected chi connectivity index (χ0v) is 13.0. The molecule has 1 fully saturated rings. The lowest BCUT2D eigenvalue weighted by atomic mass is 9.91. The third-order valence-electron chi connectivity index (χ3n) is 3.71. The van der Waals surface area contributed by atoms with Crippen LogP contribution in [0.15, 0.2) is 0 Å². The van der Waals surface area contributed by atoms with Crippen LogP contribution in [0.25, 0.3) is 0 Å². The number of rotatable bonds is 5. The molecule has 2 atom stereocenters. The summed E-state index contributed by atoms with van der Waals surface area (Å²) in [4.78, 5) is 38.0. The summed E-state index contributed by atoms with van der Waals surface area (Å²) < 4.78 is 0. The molecule has 2 unspecified atom stereocenters. The Labute approximate surface area is 125 Å². The van der Waals surface area contributed by atoms with Crippen LogP contribution in [-0.4, -0.2) is 65.5 Å². The maximum Gasteiger partial charge on any atom is 0.326 e. The highest BCUT2D eigenvalue weighted by molar-refractivity contribution is 5.86. The second-order valence-electron chi connectivity index (χ2n) is 5.58. The fourth-order valence-electron chi connectivity index (χ4n) is 2.60. The van der Waals surface area contributed by atoms with E-state index in [1.807, 2.05) is 13.8 Å². The topological polar surface area (TPSA) is 90.0 Å². The van der Waals surface area contributed by atoms with E-state index in [2.05, 4.69) is 5.32 Å². The van der Waals surface area contributed by atoms with Crippen molar-refractivity contribution < 1.29 is 19.5 Å². The minimum absolute atomic E-state index is 0.0595. The molecule has 1 saturated heterocycles. The van der Waals surface area contributed by atoms with Crippen molar-refractivity contribution in [1.29, 1.82) is 0 Å². The largest absolute Gasteiger partial charge is 0.480 e. The number of nitrogens with one attached hydrogen (secondary N) is 1. The van der Waals surface area contributed by atoms with Gasteiger partial charge >= 0.3 is 12.0 Å². The molecule has 120 valence electrons. The number of carbonyl (C=O) groups excluding carboxylic acids is 2. The minimum Gasteiger partial charge on any atom is -0.480 e. The number of carboxylic acids is 1. The number of hydrogen-bond donors (Lipinski definition) is 2. The molecular formula is C14H25N3O4. The molecule has 1 rings (SSSR count). The van der Waals surface area contributed by atoms with E-state index < -0.39 is 18.0 Å². The van der Waals surface area contributed by atoms with Gasteiger partial charge in [-0.25, -0.2) is 9.59 Å². The molecular weight excluding hydrogens is 274 g/mol. The van der Waals surface area contributed by atoms with Gasteiger partial charge in [0.15, 0.2) is 0 Å². The van der Waals surface area contributed by atoms with Crippen LogP contribution in [0.5, 0.6) is 0 Å². The molecule has 0 aliphatic carbocycles. The highest BCUT2D eigenvalue weighted by Gasteiger charge is 2.38. The van der Waals surface area contributed by atoms with Crippen LogP contribution in [0, 0.1) is 5.92 Å². The number of urea groups is 1. The van der Waals surface area contributed by atoms with E-state index in [0.717, 1.165) is 19.3 Å². The summed E-state index contributed by atoms with van der Waals surface area (Å²) in [6.45, 7) is 4.71. The Morgan fingerprint density at radius 2 is 2.05 bits per heavy atom. The molecule has 7 heteroatoms. The van der Waals surface area contributed by atoms with Crippen molar-refractivity contribution in [3.63, 3.8) is 0 Å². The Balaban J connectivity index is 2.66. The van der Waals surface area contributed by atoms with E-state index in [0.29, 0.717) is 13.1 Å². The predicted molar refractivity (Wildman–Crippen MR) is 77.9 cm³/mol. The van der Waals surface area contributed by atoms with E-state index in [-0.39, 0.29) is 18.4 Å². The molecule has 0 bridgehead atoms. The second kappa shape index (κ2) is 7.85. The van der Waals surface area contributed by atoms with Crippen molar-refractivity contribution >= 4 is 17.9 Å². The number of aliphatic carboxylic acids is 1. The zero-order chi connectivity index (χ0) is 16.0. The standard InChI is InChI=1S/C14H25N3O4/c1-4-7-15-11(18)9-16(3)14(21)17-8-5-6-10(2)12(17)13(19)20/h10,12H,4-9H2,1-3H3,(H,15,18)(H,19,20). The quantitative estimate of drug-likeness (QED) is 0.784. The lowest BCUT2D eigenvalue weighted by Crippen LogP contribution is -2.56. The Kier molecular flexibility index (Phi) is 6.45. The van der Waals surface area contributed by atoms with Gasteiger partial charge in [-0.05, 0) is 25.2 Å². The summed E-state index contributed by atoms with van der Waals surface area (Å²) in [5.74, 6) is -1.30. The van der Waals surface area contributed by atoms with Crippen LogP contribution in [0.2, 0.25) is 0 Å². The SMILES string of the molecule is CCCNC(=O)CN(C)C(=O)N1CCCC(C)C1C(=O)O. The summed E-state index contributed by atoms with van der Waals surface area (Å²) in [5, 5.41) is 12.0. The number of piperidine rings is 1. The zero-order valence-electron chi connectivity index (χ0n) is 13.0. The van der Waals surface area contributed by atoms with Gasteiger partial charge in [0.1, 0.15) is 12.6 Å². The van der Waals surface area contributed by atoms with Crippen molar-refractivity contribution in [3.05, 3.63) is 0 Å². The molecule has 0 radical (unpaired) electrons. The van der Waals surface area contributed by atoms with Gasteiger partial charge in [-0.3, -0.25) is 4.79 Å². The third-order valence-corrected chi connectivity index (χ3v) is 3.71. The first-order valence-electron chi connectivity index (χ1n) is 7.39. The first-order valence-corrected chi connectivity index (χ1v) is 7.39. The van der Waals surface area contributed by atoms with Crippen LogP contribution in [0.3, 0.4) is 0 Å². The van der Waals surface area contributed by atoms with Gasteiger partial charge in [-0.1, -0.05) is 13.8 Å². The third kappa shape index (κ3) is 4.61. The molecule has 1 aliphatic heterocycles. The summed E-state index contributed by atoms with van der Waals surface area (Å²) in [5.41, 5.74) is 0. The Morgan fingerprint density at radius 3 is 2.62 bits per heavy atom. The molecule has 1 heterocycles. The average Bonchev–Trinajstić information content (AvgIpc) is 2.43. The number of likely N-dealkylation sites (tertiary alicyclic amines) is 1. The van der Waals surface area contributed by atoms with Crippen molar-refractivity contribution in [2.45, 2.75) is 39.2 Å². The van der Waals surface area contributed by atoms with Crippen molar-refractivity contribution in [2.75, 3.05) is 26.7 Å². The first kappa shape index (κ1) is 17.3. The Bertz CT molecular complexity index is 400. The molecule has 1 aliphatic rings. The molecule has 0 spiro atoms. The predicted octanol–water partition coefficient (Wildman–Crippen LogP) is 0.750. The minimum atomic E-state index is -0.987. The molecule has 0 aromatic carbocycles. The van der Waals surface area contributed by atoms with E-state index in [1.165, 1.54) is 16.8 Å². The maximum absolute atomic E-state index is 12.4. The molecule has 3 amide bonds. The van der Waals surface area contributed by atoms with Crippen LogP contribution in [0.1, 0.15) is 33.1 Å². The molecule has 0 aromatic heterocycles. The highest BCUT2D eigenvalue weighted by Crippen LogP contribution is 2.24. The second-order valence-corrected chi connectivity index (χ2v) is 5.58. The van der Waals surface area contributed by atoms with Gasteiger partial charge in [0, 0.05) is 20.1 Å². The van der Waals surface area contributed by atoms with Crippen molar-refractivity contribution in [3.8, 4) is 0 Å². The Morgan fingerprint density at radius 1 is 1.38 bits per heavy atom. The highest BCUT2D eigenvalue weighted by atomic mass is 16.4. The smallest absolute Gasteiger partial charge is 0.326 e. The van der Waals surface area contributed by atoms with Crippen molar-refractivity contribution in [2.24, 2.45) is 5.92 Å². The van der Waals surface area contributed by atoms with Gasteiger partial charge in [0.25, 0.3) is 0 Å². The lowest BCUT2D eigenvalue weighted by molar-refractivity contribution is -0.145. The van der Waals surface area contributed by atoms with Gasteiger partial charge in [0.2, 0.25) is 5.91 Å². The summed E-state index contributed by atoms with van der Waals surface area (Å²) >= 11 is 0. The monoisotopic (exact) mass is 299 g/mol. The number of likely N-dealkylation sites (N-methyl/N-ethyl adjacent to an activating group) is 1. The van der Waals surface area contributed by atoms with Crippen LogP contribution in [-0.2, 0) is 9.59 Å². The van der Waals surface area contributed by atoms with Crippen molar-refractivity contribution in [1.82, 2.24) is 15.1 Å². The molecule has 0 aromatic rings. The first-order chi connectivity index (χ1) is 9.88. The fourth-order valence-corrected chi connectivity index (χ4v) is 2.60. The summed E-state index contributed by atoms with van der Waals surface area (Å²) in [7, 11) is 1.52. The normalized spacial score (nSPS) is 21.8. The molecule has 0 saturated carbocycles. The van der Waals surface area contributed by atoms with Crippen LogP contribution in [0.4, 0.5) is 4.79 Å². The lowest BCUT2D eigenvalue weighted by Gasteiger charge is -2.39.